The number of hydrogen-bond donors (Lipinski definition) is 1. The van der Waals surface area contributed by atoms with Gasteiger partial charge in [0.15, 0.2) is 5.69 Å². The first-order chi connectivity index (χ1) is 13.5. The van der Waals surface area contributed by atoms with Crippen LogP contribution in [0.2, 0.25) is 5.02 Å². The molecule has 140 valence electrons. The molecule has 28 heavy (non-hydrogen) atoms. The number of benzene rings is 2. The Morgan fingerprint density at radius 1 is 1.07 bits per heavy atom. The summed E-state index contributed by atoms with van der Waals surface area (Å²) >= 11 is 6.22. The topological polar surface area (TPSA) is 81.8 Å². The molecule has 7 nitrogen and oxygen atoms in total. The van der Waals surface area contributed by atoms with E-state index < -0.39 is 5.91 Å². The van der Waals surface area contributed by atoms with Gasteiger partial charge in [-0.1, -0.05) is 48.0 Å². The van der Waals surface area contributed by atoms with Crippen molar-refractivity contribution < 1.29 is 4.79 Å². The van der Waals surface area contributed by atoms with Gasteiger partial charge in [0.1, 0.15) is 5.82 Å². The minimum atomic E-state index is -0.423. The molecule has 2 aromatic heterocycles. The van der Waals surface area contributed by atoms with Crippen molar-refractivity contribution in [1.82, 2.24) is 19.6 Å². The second-order valence-electron chi connectivity index (χ2n) is 6.24. The van der Waals surface area contributed by atoms with Crippen molar-refractivity contribution in [3.05, 3.63) is 87.4 Å². The van der Waals surface area contributed by atoms with E-state index in [1.807, 2.05) is 18.2 Å². The van der Waals surface area contributed by atoms with Gasteiger partial charge in [-0.15, -0.1) is 0 Å². The zero-order valence-corrected chi connectivity index (χ0v) is 15.7. The van der Waals surface area contributed by atoms with Crippen molar-refractivity contribution in [2.75, 3.05) is 5.32 Å². The van der Waals surface area contributed by atoms with Gasteiger partial charge in [0, 0.05) is 23.5 Å². The third-order valence-electron chi connectivity index (χ3n) is 4.41. The number of halogens is 1. The van der Waals surface area contributed by atoms with E-state index in [1.165, 1.54) is 7.05 Å². The van der Waals surface area contributed by atoms with E-state index >= 15 is 0 Å². The Morgan fingerprint density at radius 2 is 1.79 bits per heavy atom. The molecule has 0 unspecified atom stereocenters. The molecule has 4 aromatic rings. The number of carbonyl (C=O) groups is 1. The number of amides is 1. The molecule has 0 fully saturated rings. The second kappa shape index (κ2) is 7.28. The molecule has 4 rings (SSSR count). The fourth-order valence-electron chi connectivity index (χ4n) is 3.00. The van der Waals surface area contributed by atoms with E-state index in [-0.39, 0.29) is 11.3 Å². The van der Waals surface area contributed by atoms with Crippen LogP contribution >= 0.6 is 11.6 Å². The van der Waals surface area contributed by atoms with E-state index in [1.54, 1.807) is 47.3 Å². The number of aromatic nitrogens is 4. The third-order valence-corrected chi connectivity index (χ3v) is 4.78. The molecule has 0 spiro atoms. The highest BCUT2D eigenvalue weighted by Gasteiger charge is 2.17. The first kappa shape index (κ1) is 17.9. The molecule has 1 N–H and O–H groups in total. The Labute approximate surface area is 165 Å². The molecule has 2 aromatic carbocycles. The summed E-state index contributed by atoms with van der Waals surface area (Å²) in [5.41, 5.74) is 0.799. The van der Waals surface area contributed by atoms with Crippen molar-refractivity contribution in [2.24, 2.45) is 7.05 Å². The summed E-state index contributed by atoms with van der Waals surface area (Å²) in [6, 6.07) is 16.1. The molecule has 0 saturated carbocycles. The second-order valence-corrected chi connectivity index (χ2v) is 6.65. The average molecular weight is 394 g/mol. The molecule has 0 atom stereocenters. The lowest BCUT2D eigenvalue weighted by Crippen LogP contribution is -2.26. The van der Waals surface area contributed by atoms with Gasteiger partial charge < -0.3 is 5.32 Å². The number of hydrogen-bond acceptors (Lipinski definition) is 4. The van der Waals surface area contributed by atoms with Crippen LogP contribution in [0, 0.1) is 0 Å². The van der Waals surface area contributed by atoms with E-state index in [9.17, 15) is 9.59 Å². The third kappa shape index (κ3) is 3.27. The molecular weight excluding hydrogens is 378 g/mol. The Bertz CT molecular complexity index is 1240. The SMILES string of the molecule is Cn1nc(C(=O)Nc2ccnn2Cc2ccccc2Cl)c2ccccc2c1=O. The Kier molecular flexibility index (Phi) is 4.67. The van der Waals surface area contributed by atoms with Crippen LogP contribution in [-0.2, 0) is 13.6 Å². The van der Waals surface area contributed by atoms with Crippen LogP contribution in [0.4, 0.5) is 5.82 Å². The number of anilines is 1. The largest absolute Gasteiger partial charge is 0.305 e. The molecule has 0 aliphatic carbocycles. The first-order valence-electron chi connectivity index (χ1n) is 8.57. The number of aryl methyl sites for hydroxylation is 1. The standard InChI is InChI=1S/C20H16ClN5O2/c1-25-20(28)15-8-4-3-7-14(15)18(24-25)19(27)23-17-10-11-22-26(17)12-13-6-2-5-9-16(13)21/h2-11H,12H2,1H3,(H,23,27). The summed E-state index contributed by atoms with van der Waals surface area (Å²) < 4.78 is 2.81. The number of fused-ring (bicyclic) bond motifs is 1. The van der Waals surface area contributed by atoms with Crippen LogP contribution in [0.5, 0.6) is 0 Å². The maximum atomic E-state index is 12.9. The summed E-state index contributed by atoms with van der Waals surface area (Å²) in [7, 11) is 1.52. The van der Waals surface area contributed by atoms with Crippen LogP contribution in [0.15, 0.2) is 65.6 Å². The Balaban J connectivity index is 1.67. The van der Waals surface area contributed by atoms with Crippen molar-refractivity contribution in [2.45, 2.75) is 6.54 Å². The maximum Gasteiger partial charge on any atom is 0.277 e. The van der Waals surface area contributed by atoms with Crippen LogP contribution in [-0.4, -0.2) is 25.5 Å². The molecule has 8 heteroatoms. The summed E-state index contributed by atoms with van der Waals surface area (Å²) in [6.45, 7) is 0.406. The first-order valence-corrected chi connectivity index (χ1v) is 8.95. The molecule has 0 radical (unpaired) electrons. The molecule has 0 aliphatic heterocycles. The van der Waals surface area contributed by atoms with Crippen LogP contribution in [0.25, 0.3) is 10.8 Å². The Morgan fingerprint density at radius 3 is 2.57 bits per heavy atom. The molecule has 2 heterocycles. The van der Waals surface area contributed by atoms with E-state index in [2.05, 4.69) is 15.5 Å². The predicted molar refractivity (Wildman–Crippen MR) is 108 cm³/mol. The van der Waals surface area contributed by atoms with E-state index in [4.69, 9.17) is 11.6 Å². The van der Waals surface area contributed by atoms with Crippen LogP contribution in [0.1, 0.15) is 16.1 Å². The highest BCUT2D eigenvalue weighted by Crippen LogP contribution is 2.19. The summed E-state index contributed by atoms with van der Waals surface area (Å²) in [4.78, 5) is 25.2. The zero-order valence-electron chi connectivity index (χ0n) is 15.0. The lowest BCUT2D eigenvalue weighted by atomic mass is 10.1. The van der Waals surface area contributed by atoms with Crippen LogP contribution in [0.3, 0.4) is 0 Å². The van der Waals surface area contributed by atoms with Gasteiger partial charge in [0.25, 0.3) is 11.5 Å². The van der Waals surface area contributed by atoms with Gasteiger partial charge in [-0.05, 0) is 17.7 Å². The van der Waals surface area contributed by atoms with Crippen molar-refractivity contribution in [3.63, 3.8) is 0 Å². The Hall–Kier alpha value is -3.45. The van der Waals surface area contributed by atoms with Crippen molar-refractivity contribution in [3.8, 4) is 0 Å². The highest BCUT2D eigenvalue weighted by molar-refractivity contribution is 6.31. The summed E-state index contributed by atoms with van der Waals surface area (Å²) in [6.07, 6.45) is 1.60. The van der Waals surface area contributed by atoms with Gasteiger partial charge in [0.2, 0.25) is 0 Å². The molecule has 1 amide bonds. The fourth-order valence-corrected chi connectivity index (χ4v) is 3.19. The highest BCUT2D eigenvalue weighted by atomic mass is 35.5. The van der Waals surface area contributed by atoms with Crippen LogP contribution < -0.4 is 10.9 Å². The fraction of sp³-hybridized carbons (Fsp3) is 0.100. The zero-order chi connectivity index (χ0) is 19.7. The smallest absolute Gasteiger partial charge is 0.277 e. The lowest BCUT2D eigenvalue weighted by Gasteiger charge is -2.11. The van der Waals surface area contributed by atoms with Crippen molar-refractivity contribution >= 4 is 34.1 Å². The normalized spacial score (nSPS) is 10.9. The van der Waals surface area contributed by atoms with Gasteiger partial charge in [-0.25, -0.2) is 9.36 Å². The molecular formula is C20H16ClN5O2. The lowest BCUT2D eigenvalue weighted by molar-refractivity contribution is 0.102. The molecule has 0 saturated heterocycles. The minimum Gasteiger partial charge on any atom is -0.305 e. The average Bonchev–Trinajstić information content (AvgIpc) is 3.13. The summed E-state index contributed by atoms with van der Waals surface area (Å²) in [5, 5.41) is 12.8. The number of carbonyl (C=O) groups excluding carboxylic acids is 1. The molecule has 0 aliphatic rings. The van der Waals surface area contributed by atoms with Crippen molar-refractivity contribution in [1.29, 1.82) is 0 Å². The number of nitrogens with zero attached hydrogens (tertiary/aromatic N) is 4. The predicted octanol–water partition coefficient (Wildman–Crippen LogP) is 3.08. The maximum absolute atomic E-state index is 12.9. The van der Waals surface area contributed by atoms with Gasteiger partial charge in [-0.2, -0.15) is 10.2 Å². The van der Waals surface area contributed by atoms with E-state index in [0.29, 0.717) is 28.2 Å². The quantitative estimate of drug-likeness (QED) is 0.577. The van der Waals surface area contributed by atoms with E-state index in [0.717, 1.165) is 10.2 Å². The number of rotatable bonds is 4. The minimum absolute atomic E-state index is 0.170. The number of nitrogens with one attached hydrogen (secondary N) is 1. The van der Waals surface area contributed by atoms with Gasteiger partial charge in [0.05, 0.1) is 18.1 Å². The summed E-state index contributed by atoms with van der Waals surface area (Å²) in [5.74, 6) is 0.0809. The van der Waals surface area contributed by atoms with Gasteiger partial charge >= 0.3 is 0 Å². The molecule has 0 bridgehead atoms. The van der Waals surface area contributed by atoms with Gasteiger partial charge in [-0.3, -0.25) is 9.59 Å². The monoisotopic (exact) mass is 393 g/mol.